The number of imide groups is 1. The highest BCUT2D eigenvalue weighted by atomic mass is 32.2. The molecule has 2 amide bonds. The van der Waals surface area contributed by atoms with Crippen LogP contribution in [0.15, 0.2) is 40.3 Å². The number of carbonyl (C=O) groups excluding carboxylic acids is 2. The third kappa shape index (κ3) is 2.84. The van der Waals surface area contributed by atoms with Gasteiger partial charge in [0.15, 0.2) is 0 Å². The van der Waals surface area contributed by atoms with Gasteiger partial charge in [0, 0.05) is 6.54 Å². The van der Waals surface area contributed by atoms with E-state index in [1.54, 1.807) is 12.1 Å². The maximum atomic E-state index is 12.9. The molecule has 7 heteroatoms. The first-order chi connectivity index (χ1) is 12.7. The Morgan fingerprint density at radius 3 is 2.00 bits per heavy atom. The van der Waals surface area contributed by atoms with Gasteiger partial charge in [0.2, 0.25) is 21.8 Å². The molecule has 2 saturated carbocycles. The number of sulfonamides is 1. The highest BCUT2D eigenvalue weighted by molar-refractivity contribution is 7.89. The highest BCUT2D eigenvalue weighted by Gasteiger charge is 2.63. The molecule has 0 spiro atoms. The molecule has 2 bridgehead atoms. The molecule has 4 atom stereocenters. The number of nitrogens with two attached hydrogens (primary N) is 1. The lowest BCUT2D eigenvalue weighted by Crippen LogP contribution is -2.35. The second-order valence-corrected chi connectivity index (χ2v) is 9.63. The minimum Gasteiger partial charge on any atom is -0.282 e. The van der Waals surface area contributed by atoms with E-state index in [0.717, 1.165) is 18.4 Å². The smallest absolute Gasteiger partial charge is 0.238 e. The topological polar surface area (TPSA) is 97.5 Å². The lowest BCUT2D eigenvalue weighted by molar-refractivity contribution is -0.140. The molecule has 3 fully saturated rings. The zero-order chi connectivity index (χ0) is 19.5. The molecule has 27 heavy (non-hydrogen) atoms. The monoisotopic (exact) mass is 388 g/mol. The minimum atomic E-state index is -3.72. The normalized spacial score (nSPS) is 29.6. The number of benzene rings is 1. The van der Waals surface area contributed by atoms with Gasteiger partial charge in [0.05, 0.1) is 16.7 Å². The Bertz CT molecular complexity index is 913. The molecule has 1 aromatic rings. The minimum absolute atomic E-state index is 0.0305. The summed E-state index contributed by atoms with van der Waals surface area (Å²) >= 11 is 0. The van der Waals surface area contributed by atoms with E-state index in [2.05, 4.69) is 13.8 Å². The summed E-state index contributed by atoms with van der Waals surface area (Å²) in [5.41, 5.74) is 3.48. The predicted octanol–water partition coefficient (Wildman–Crippen LogP) is 1.85. The van der Waals surface area contributed by atoms with E-state index >= 15 is 0 Å². The molecule has 2 N–H and O–H groups in total. The van der Waals surface area contributed by atoms with Crippen molar-refractivity contribution in [2.75, 3.05) is 6.54 Å². The number of hydrogen-bond donors (Lipinski definition) is 1. The number of carbonyl (C=O) groups is 2. The van der Waals surface area contributed by atoms with Crippen molar-refractivity contribution in [2.24, 2.45) is 28.8 Å². The Hall–Kier alpha value is -1.99. The van der Waals surface area contributed by atoms with Crippen LogP contribution in [0.1, 0.15) is 32.3 Å². The molecular weight excluding hydrogens is 364 g/mol. The maximum Gasteiger partial charge on any atom is 0.238 e. The summed E-state index contributed by atoms with van der Waals surface area (Å²) in [4.78, 5) is 27.4. The van der Waals surface area contributed by atoms with Crippen LogP contribution in [-0.4, -0.2) is 31.7 Å². The molecule has 0 radical (unpaired) electrons. The van der Waals surface area contributed by atoms with Gasteiger partial charge in [0.25, 0.3) is 0 Å². The van der Waals surface area contributed by atoms with Gasteiger partial charge in [-0.15, -0.1) is 0 Å². The maximum absolute atomic E-state index is 12.9. The fraction of sp³-hybridized carbons (Fsp3) is 0.500. The van der Waals surface area contributed by atoms with Gasteiger partial charge < -0.3 is 0 Å². The molecule has 6 nitrogen and oxygen atoms in total. The molecule has 1 saturated heterocycles. The van der Waals surface area contributed by atoms with Crippen LogP contribution in [-0.2, 0) is 26.0 Å². The number of amides is 2. The summed E-state index contributed by atoms with van der Waals surface area (Å²) in [6.07, 6.45) is 2.52. The van der Waals surface area contributed by atoms with Crippen molar-refractivity contribution >= 4 is 21.8 Å². The number of hydrogen-bond acceptors (Lipinski definition) is 4. The van der Waals surface area contributed by atoms with Crippen molar-refractivity contribution in [2.45, 2.75) is 38.0 Å². The Morgan fingerprint density at radius 2 is 1.56 bits per heavy atom. The molecule has 0 unspecified atom stereocenters. The first kappa shape index (κ1) is 18.4. The predicted molar refractivity (Wildman–Crippen MR) is 99.8 cm³/mol. The van der Waals surface area contributed by atoms with E-state index in [4.69, 9.17) is 5.14 Å². The zero-order valence-electron chi connectivity index (χ0n) is 15.5. The fourth-order valence-electron chi connectivity index (χ4n) is 5.36. The Kier molecular flexibility index (Phi) is 4.27. The van der Waals surface area contributed by atoms with Gasteiger partial charge in [-0.25, -0.2) is 13.6 Å². The number of allylic oxidation sites excluding steroid dienone is 2. The first-order valence-corrected chi connectivity index (χ1v) is 10.9. The Morgan fingerprint density at radius 1 is 1.04 bits per heavy atom. The average molecular weight is 388 g/mol. The van der Waals surface area contributed by atoms with Gasteiger partial charge in [-0.3, -0.25) is 14.5 Å². The second kappa shape index (κ2) is 6.27. The van der Waals surface area contributed by atoms with Crippen LogP contribution in [0.3, 0.4) is 0 Å². The molecular formula is C20H24N2O4S. The number of primary sulfonamides is 1. The third-order valence-corrected chi connectivity index (χ3v) is 7.33. The summed E-state index contributed by atoms with van der Waals surface area (Å²) in [5, 5.41) is 5.10. The third-order valence-electron chi connectivity index (χ3n) is 6.40. The summed E-state index contributed by atoms with van der Waals surface area (Å²) < 4.78 is 22.7. The lowest BCUT2D eigenvalue weighted by atomic mass is 9.81. The highest BCUT2D eigenvalue weighted by Crippen LogP contribution is 2.60. The number of rotatable bonds is 4. The van der Waals surface area contributed by atoms with Gasteiger partial charge >= 0.3 is 0 Å². The van der Waals surface area contributed by atoms with E-state index in [9.17, 15) is 18.0 Å². The number of nitrogens with zero attached hydrogens (tertiary/aromatic N) is 1. The van der Waals surface area contributed by atoms with Crippen LogP contribution in [0.4, 0.5) is 0 Å². The van der Waals surface area contributed by atoms with Crippen LogP contribution in [0.2, 0.25) is 0 Å². The SMILES string of the molecule is CC(C)=C1[C@H]2CC[C@@H]1[C@@H]1C(=O)N(CCc3ccc(S(N)(=O)=O)cc3)C(=O)[C@H]12. The standard InChI is InChI=1S/C20H24N2O4S/c1-11(2)16-14-7-8-15(16)18-17(14)19(23)22(20(18)24)10-9-12-3-5-13(6-4-12)27(21,25)26/h3-6,14-15,17-18H,7-10H2,1-2H3,(H2,21,25,26)/t14-,15+,17-,18-/m0/s1. The van der Waals surface area contributed by atoms with Crippen molar-refractivity contribution < 1.29 is 18.0 Å². The molecule has 0 aromatic heterocycles. The second-order valence-electron chi connectivity index (χ2n) is 8.06. The summed E-state index contributed by atoms with van der Waals surface area (Å²) in [5.74, 6) is 0.0621. The average Bonchev–Trinajstić information content (AvgIpc) is 3.23. The first-order valence-electron chi connectivity index (χ1n) is 9.34. The van der Waals surface area contributed by atoms with E-state index in [1.807, 2.05) is 0 Å². The van der Waals surface area contributed by atoms with Crippen molar-refractivity contribution in [3.63, 3.8) is 0 Å². The van der Waals surface area contributed by atoms with Crippen LogP contribution in [0.25, 0.3) is 0 Å². The molecule has 4 rings (SSSR count). The van der Waals surface area contributed by atoms with Crippen molar-refractivity contribution in [3.05, 3.63) is 41.0 Å². The molecule has 3 aliphatic rings. The van der Waals surface area contributed by atoms with Gasteiger partial charge in [-0.1, -0.05) is 23.3 Å². The van der Waals surface area contributed by atoms with Crippen LogP contribution in [0, 0.1) is 23.7 Å². The molecule has 1 aliphatic heterocycles. The summed E-state index contributed by atoms with van der Waals surface area (Å²) in [6, 6.07) is 6.26. The van der Waals surface area contributed by atoms with E-state index in [0.29, 0.717) is 13.0 Å². The van der Waals surface area contributed by atoms with Crippen molar-refractivity contribution in [1.29, 1.82) is 0 Å². The lowest BCUT2D eigenvalue weighted by Gasteiger charge is -2.19. The summed E-state index contributed by atoms with van der Waals surface area (Å²) in [6.45, 7) is 4.50. The Balaban J connectivity index is 1.49. The van der Waals surface area contributed by atoms with Gasteiger partial charge in [-0.2, -0.15) is 0 Å². The van der Waals surface area contributed by atoms with E-state index in [1.165, 1.54) is 28.2 Å². The zero-order valence-corrected chi connectivity index (χ0v) is 16.3. The van der Waals surface area contributed by atoms with E-state index < -0.39 is 10.0 Å². The van der Waals surface area contributed by atoms with Crippen LogP contribution in [0.5, 0.6) is 0 Å². The van der Waals surface area contributed by atoms with Crippen molar-refractivity contribution in [1.82, 2.24) is 4.90 Å². The molecule has 1 heterocycles. The molecule has 2 aliphatic carbocycles. The molecule has 144 valence electrons. The number of likely N-dealkylation sites (tertiary alicyclic amines) is 1. The Labute approximate surface area is 159 Å². The largest absolute Gasteiger partial charge is 0.282 e. The van der Waals surface area contributed by atoms with E-state index in [-0.39, 0.29) is 40.4 Å². The van der Waals surface area contributed by atoms with Crippen LogP contribution >= 0.6 is 0 Å². The quantitative estimate of drug-likeness (QED) is 0.629. The summed E-state index contributed by atoms with van der Waals surface area (Å²) in [7, 11) is -3.72. The number of fused-ring (bicyclic) bond motifs is 5. The molecule has 1 aromatic carbocycles. The van der Waals surface area contributed by atoms with Gasteiger partial charge in [0.1, 0.15) is 0 Å². The van der Waals surface area contributed by atoms with Gasteiger partial charge in [-0.05, 0) is 62.6 Å². The van der Waals surface area contributed by atoms with Crippen LogP contribution < -0.4 is 5.14 Å². The fourth-order valence-corrected chi connectivity index (χ4v) is 5.88. The van der Waals surface area contributed by atoms with Crippen molar-refractivity contribution in [3.8, 4) is 0 Å².